The summed E-state index contributed by atoms with van der Waals surface area (Å²) in [5, 5.41) is 7.20. The number of nitrogens with zero attached hydrogens (tertiary/aromatic N) is 2. The van der Waals surface area contributed by atoms with Crippen LogP contribution in [-0.2, 0) is 17.3 Å². The first-order valence-corrected chi connectivity index (χ1v) is 7.97. The number of hydrogen-bond acceptors (Lipinski definition) is 2. The topological polar surface area (TPSA) is 46.9 Å². The average molecular weight is 297 g/mol. The average Bonchev–Trinajstić information content (AvgIpc) is 2.93. The van der Waals surface area contributed by atoms with E-state index in [-0.39, 0.29) is 5.91 Å². The molecular weight excluding hydrogens is 274 g/mol. The van der Waals surface area contributed by atoms with Gasteiger partial charge in [-0.1, -0.05) is 49.1 Å². The number of carbonyl (C=O) groups excluding carboxylic acids is 1. The number of aryl methyl sites for hydroxylation is 2. The van der Waals surface area contributed by atoms with E-state index in [4.69, 9.17) is 0 Å². The molecule has 3 rings (SSSR count). The predicted molar refractivity (Wildman–Crippen MR) is 87.8 cm³/mol. The summed E-state index contributed by atoms with van der Waals surface area (Å²) in [6.07, 6.45) is 8.80. The van der Waals surface area contributed by atoms with Crippen molar-refractivity contribution in [2.45, 2.75) is 44.4 Å². The fourth-order valence-electron chi connectivity index (χ4n) is 3.48. The molecule has 116 valence electrons. The lowest BCUT2D eigenvalue weighted by Crippen LogP contribution is -2.42. The van der Waals surface area contributed by atoms with E-state index in [2.05, 4.69) is 41.6 Å². The highest BCUT2D eigenvalue weighted by molar-refractivity contribution is 5.99. The van der Waals surface area contributed by atoms with Crippen LogP contribution < -0.4 is 5.32 Å². The first kappa shape index (κ1) is 14.8. The maximum atomic E-state index is 13.1. The molecule has 0 aliphatic heterocycles. The van der Waals surface area contributed by atoms with Crippen LogP contribution in [0, 0.1) is 6.92 Å². The summed E-state index contributed by atoms with van der Waals surface area (Å²) in [5.74, 6) is 0.103. The Balaban J connectivity index is 1.93. The molecule has 4 heteroatoms. The Labute approximate surface area is 131 Å². The molecule has 0 spiro atoms. The number of hydrogen-bond donors (Lipinski definition) is 1. The number of amides is 1. The Kier molecular flexibility index (Phi) is 4.01. The molecule has 1 aliphatic rings. The second-order valence-electron chi connectivity index (χ2n) is 6.37. The van der Waals surface area contributed by atoms with Gasteiger partial charge in [0.15, 0.2) is 0 Å². The van der Waals surface area contributed by atoms with Crippen LogP contribution in [0.5, 0.6) is 0 Å². The summed E-state index contributed by atoms with van der Waals surface area (Å²) < 4.78 is 1.70. The molecule has 0 bridgehead atoms. The third-order valence-electron chi connectivity index (χ3n) is 4.68. The van der Waals surface area contributed by atoms with E-state index in [9.17, 15) is 4.79 Å². The zero-order chi connectivity index (χ0) is 15.6. The van der Waals surface area contributed by atoms with Crippen molar-refractivity contribution < 1.29 is 4.79 Å². The summed E-state index contributed by atoms with van der Waals surface area (Å²) in [4.78, 5) is 13.1. The highest BCUT2D eigenvalue weighted by atomic mass is 16.2. The number of anilines is 1. The molecule has 1 aromatic heterocycles. The largest absolute Gasteiger partial charge is 0.323 e. The lowest BCUT2D eigenvalue weighted by molar-refractivity contribution is -0.122. The fraction of sp³-hybridized carbons (Fsp3) is 0.444. The van der Waals surface area contributed by atoms with Gasteiger partial charge in [0.05, 0.1) is 17.3 Å². The predicted octanol–water partition coefficient (Wildman–Crippen LogP) is 3.57. The molecule has 1 aromatic carbocycles. The maximum Gasteiger partial charge on any atom is 0.235 e. The van der Waals surface area contributed by atoms with E-state index < -0.39 is 5.41 Å². The Bertz CT molecular complexity index is 668. The van der Waals surface area contributed by atoms with Crippen molar-refractivity contribution in [2.75, 3.05) is 5.32 Å². The second-order valence-corrected chi connectivity index (χ2v) is 6.37. The second kappa shape index (κ2) is 5.95. The number of aromatic nitrogens is 2. The molecule has 2 aromatic rings. The Morgan fingerprint density at radius 2 is 2.05 bits per heavy atom. The van der Waals surface area contributed by atoms with E-state index >= 15 is 0 Å². The molecule has 1 saturated carbocycles. The van der Waals surface area contributed by atoms with Crippen LogP contribution >= 0.6 is 0 Å². The van der Waals surface area contributed by atoms with E-state index in [0.29, 0.717) is 0 Å². The molecule has 4 nitrogen and oxygen atoms in total. The third kappa shape index (κ3) is 2.78. The van der Waals surface area contributed by atoms with Crippen molar-refractivity contribution in [3.63, 3.8) is 0 Å². The molecule has 1 N–H and O–H groups in total. The van der Waals surface area contributed by atoms with Crippen molar-refractivity contribution in [1.29, 1.82) is 0 Å². The quantitative estimate of drug-likeness (QED) is 0.941. The molecular formula is C18H23N3O. The highest BCUT2D eigenvalue weighted by Gasteiger charge is 2.41. The summed E-state index contributed by atoms with van der Waals surface area (Å²) in [6.45, 7) is 2.08. The van der Waals surface area contributed by atoms with Crippen LogP contribution in [0.4, 0.5) is 5.69 Å². The van der Waals surface area contributed by atoms with Crippen LogP contribution in [0.25, 0.3) is 0 Å². The SMILES string of the molecule is Cc1cccc(C2(C(=O)Nc3cnn(C)c3)CCCCC2)c1. The van der Waals surface area contributed by atoms with Gasteiger partial charge in [-0.05, 0) is 25.3 Å². The summed E-state index contributed by atoms with van der Waals surface area (Å²) >= 11 is 0. The van der Waals surface area contributed by atoms with Gasteiger partial charge >= 0.3 is 0 Å². The minimum absolute atomic E-state index is 0.103. The van der Waals surface area contributed by atoms with Gasteiger partial charge in [-0.3, -0.25) is 9.48 Å². The van der Waals surface area contributed by atoms with Gasteiger partial charge in [0.1, 0.15) is 0 Å². The normalized spacial score (nSPS) is 17.2. The van der Waals surface area contributed by atoms with E-state index in [1.54, 1.807) is 10.9 Å². The molecule has 22 heavy (non-hydrogen) atoms. The van der Waals surface area contributed by atoms with Crippen molar-refractivity contribution >= 4 is 11.6 Å². The Morgan fingerprint density at radius 3 is 2.68 bits per heavy atom. The Hall–Kier alpha value is -2.10. The minimum Gasteiger partial charge on any atom is -0.323 e. The van der Waals surface area contributed by atoms with Crippen LogP contribution in [0.15, 0.2) is 36.7 Å². The molecule has 0 radical (unpaired) electrons. The summed E-state index contributed by atoms with van der Waals surface area (Å²) in [7, 11) is 1.85. The molecule has 0 unspecified atom stereocenters. The van der Waals surface area contributed by atoms with Gasteiger partial charge in [-0.25, -0.2) is 0 Å². The zero-order valence-corrected chi connectivity index (χ0v) is 13.3. The fourth-order valence-corrected chi connectivity index (χ4v) is 3.48. The standard InChI is InChI=1S/C18H23N3O/c1-14-7-6-8-15(11-14)18(9-4-3-5-10-18)17(22)20-16-12-19-21(2)13-16/h6-8,11-13H,3-5,9-10H2,1-2H3,(H,20,22). The number of nitrogens with one attached hydrogen (secondary N) is 1. The van der Waals surface area contributed by atoms with E-state index in [0.717, 1.165) is 36.9 Å². The van der Waals surface area contributed by atoms with Crippen molar-refractivity contribution in [3.05, 3.63) is 47.8 Å². The lowest BCUT2D eigenvalue weighted by atomic mass is 9.68. The van der Waals surface area contributed by atoms with E-state index in [1.165, 1.54) is 12.0 Å². The molecule has 1 amide bonds. The van der Waals surface area contributed by atoms with Crippen molar-refractivity contribution in [3.8, 4) is 0 Å². The third-order valence-corrected chi connectivity index (χ3v) is 4.68. The van der Waals surface area contributed by atoms with Crippen LogP contribution in [0.2, 0.25) is 0 Å². The molecule has 1 fully saturated rings. The van der Waals surface area contributed by atoms with Gasteiger partial charge in [0, 0.05) is 13.2 Å². The summed E-state index contributed by atoms with van der Waals surface area (Å²) in [5.41, 5.74) is 2.72. The zero-order valence-electron chi connectivity index (χ0n) is 13.3. The molecule has 0 saturated heterocycles. The van der Waals surface area contributed by atoms with Crippen molar-refractivity contribution in [1.82, 2.24) is 9.78 Å². The maximum absolute atomic E-state index is 13.1. The smallest absolute Gasteiger partial charge is 0.235 e. The molecule has 0 atom stereocenters. The van der Waals surface area contributed by atoms with Crippen LogP contribution in [0.1, 0.15) is 43.2 Å². The summed E-state index contributed by atoms with van der Waals surface area (Å²) in [6, 6.07) is 8.40. The first-order valence-electron chi connectivity index (χ1n) is 7.97. The van der Waals surface area contributed by atoms with Gasteiger partial charge in [-0.2, -0.15) is 5.10 Å². The Morgan fingerprint density at radius 1 is 1.27 bits per heavy atom. The monoisotopic (exact) mass is 297 g/mol. The number of carbonyl (C=O) groups is 1. The van der Waals surface area contributed by atoms with Gasteiger partial charge in [-0.15, -0.1) is 0 Å². The van der Waals surface area contributed by atoms with Crippen LogP contribution in [-0.4, -0.2) is 15.7 Å². The first-order chi connectivity index (χ1) is 10.6. The van der Waals surface area contributed by atoms with Gasteiger partial charge in [0.2, 0.25) is 5.91 Å². The molecule has 1 aliphatic carbocycles. The lowest BCUT2D eigenvalue weighted by Gasteiger charge is -2.36. The highest BCUT2D eigenvalue weighted by Crippen LogP contribution is 2.40. The van der Waals surface area contributed by atoms with Crippen LogP contribution in [0.3, 0.4) is 0 Å². The van der Waals surface area contributed by atoms with E-state index in [1.807, 2.05) is 13.2 Å². The van der Waals surface area contributed by atoms with Gasteiger partial charge < -0.3 is 5.32 Å². The number of benzene rings is 1. The number of rotatable bonds is 3. The minimum atomic E-state index is -0.403. The van der Waals surface area contributed by atoms with Crippen molar-refractivity contribution in [2.24, 2.45) is 7.05 Å². The van der Waals surface area contributed by atoms with Gasteiger partial charge in [0.25, 0.3) is 0 Å². The molecule has 1 heterocycles.